The first-order chi connectivity index (χ1) is 15.1. The molecule has 3 aromatic rings. The van der Waals surface area contributed by atoms with E-state index in [4.69, 9.17) is 14.2 Å². The molecule has 4 rings (SSSR count). The van der Waals surface area contributed by atoms with Gasteiger partial charge in [0.25, 0.3) is 0 Å². The summed E-state index contributed by atoms with van der Waals surface area (Å²) in [5.74, 6) is 2.30. The average molecular weight is 418 g/mol. The van der Waals surface area contributed by atoms with Crippen molar-refractivity contribution in [2.75, 3.05) is 19.2 Å². The van der Waals surface area contributed by atoms with Gasteiger partial charge < -0.3 is 24.8 Å². The van der Waals surface area contributed by atoms with Crippen molar-refractivity contribution in [1.29, 1.82) is 0 Å². The Bertz CT molecular complexity index is 1050. The molecule has 2 N–H and O–H groups in total. The van der Waals surface area contributed by atoms with Crippen LogP contribution in [0.2, 0.25) is 0 Å². The molecule has 6 nitrogen and oxygen atoms in total. The quantitative estimate of drug-likeness (QED) is 0.583. The van der Waals surface area contributed by atoms with Crippen LogP contribution in [0.15, 0.2) is 66.7 Å². The molecule has 160 valence electrons. The van der Waals surface area contributed by atoms with E-state index < -0.39 is 0 Å². The highest BCUT2D eigenvalue weighted by molar-refractivity contribution is 5.89. The lowest BCUT2D eigenvalue weighted by Gasteiger charge is -2.20. The Morgan fingerprint density at radius 1 is 0.968 bits per heavy atom. The molecule has 1 aliphatic rings. The van der Waals surface area contributed by atoms with E-state index in [1.165, 1.54) is 0 Å². The molecule has 1 aliphatic heterocycles. The van der Waals surface area contributed by atoms with Crippen molar-refractivity contribution < 1.29 is 19.0 Å². The monoisotopic (exact) mass is 418 g/mol. The summed E-state index contributed by atoms with van der Waals surface area (Å²) in [4.78, 5) is 12.7. The fourth-order valence-electron chi connectivity index (χ4n) is 3.65. The van der Waals surface area contributed by atoms with Gasteiger partial charge in [0.05, 0.1) is 7.11 Å². The molecule has 0 fully saturated rings. The predicted octanol–water partition coefficient (Wildman–Crippen LogP) is 4.71. The molecule has 1 heterocycles. The normalized spacial score (nSPS) is 12.8. The van der Waals surface area contributed by atoms with Crippen molar-refractivity contribution in [2.45, 2.75) is 25.8 Å². The number of aryl methyl sites for hydroxylation is 1. The second-order valence-corrected chi connectivity index (χ2v) is 7.61. The molecule has 1 unspecified atom stereocenters. The zero-order valence-corrected chi connectivity index (χ0v) is 17.7. The fourth-order valence-corrected chi connectivity index (χ4v) is 3.65. The lowest BCUT2D eigenvalue weighted by molar-refractivity contribution is 0.174. The first-order valence-corrected chi connectivity index (χ1v) is 10.2. The maximum atomic E-state index is 12.7. The summed E-state index contributed by atoms with van der Waals surface area (Å²) in [7, 11) is 1.65. The number of ether oxygens (including phenoxy) is 3. The van der Waals surface area contributed by atoms with Crippen LogP contribution in [0, 0.1) is 6.92 Å². The van der Waals surface area contributed by atoms with Gasteiger partial charge in [0.2, 0.25) is 6.79 Å². The highest BCUT2D eigenvalue weighted by Crippen LogP contribution is 2.33. The van der Waals surface area contributed by atoms with Crippen molar-refractivity contribution in [3.8, 4) is 17.2 Å². The number of rotatable bonds is 7. The minimum absolute atomic E-state index is 0.112. The number of methoxy groups -OCH3 is 1. The van der Waals surface area contributed by atoms with Crippen LogP contribution in [-0.4, -0.2) is 26.0 Å². The van der Waals surface area contributed by atoms with E-state index in [0.717, 1.165) is 39.6 Å². The van der Waals surface area contributed by atoms with Gasteiger partial charge in [-0.25, -0.2) is 4.79 Å². The van der Waals surface area contributed by atoms with Gasteiger partial charge >= 0.3 is 6.03 Å². The minimum atomic E-state index is -0.232. The topological polar surface area (TPSA) is 68.8 Å². The molecule has 0 aromatic heterocycles. The third-order valence-corrected chi connectivity index (χ3v) is 5.17. The summed E-state index contributed by atoms with van der Waals surface area (Å²) >= 11 is 0. The Labute approximate surface area is 182 Å². The summed E-state index contributed by atoms with van der Waals surface area (Å²) in [5.41, 5.74) is 4.04. The van der Waals surface area contributed by atoms with Gasteiger partial charge in [0.1, 0.15) is 5.75 Å². The summed E-state index contributed by atoms with van der Waals surface area (Å²) in [5, 5.41) is 6.05. The van der Waals surface area contributed by atoms with Crippen LogP contribution < -0.4 is 24.8 Å². The van der Waals surface area contributed by atoms with Crippen molar-refractivity contribution in [2.24, 2.45) is 0 Å². The Morgan fingerprint density at radius 3 is 2.48 bits per heavy atom. The van der Waals surface area contributed by atoms with Crippen molar-refractivity contribution in [3.63, 3.8) is 0 Å². The Hall–Kier alpha value is -3.67. The molecule has 0 bridgehead atoms. The molecule has 31 heavy (non-hydrogen) atoms. The number of nitrogens with one attached hydrogen (secondary N) is 2. The van der Waals surface area contributed by atoms with E-state index in [1.807, 2.05) is 73.7 Å². The maximum absolute atomic E-state index is 12.7. The van der Waals surface area contributed by atoms with Crippen LogP contribution in [0.25, 0.3) is 0 Å². The van der Waals surface area contributed by atoms with E-state index >= 15 is 0 Å². The minimum Gasteiger partial charge on any atom is -0.497 e. The molecule has 0 aliphatic carbocycles. The van der Waals surface area contributed by atoms with Crippen LogP contribution in [0.3, 0.4) is 0 Å². The van der Waals surface area contributed by atoms with Gasteiger partial charge in [-0.2, -0.15) is 0 Å². The van der Waals surface area contributed by atoms with E-state index in [-0.39, 0.29) is 18.9 Å². The lowest BCUT2D eigenvalue weighted by atomic mass is 9.98. The smallest absolute Gasteiger partial charge is 0.319 e. The van der Waals surface area contributed by atoms with Crippen LogP contribution in [0.1, 0.15) is 16.7 Å². The van der Waals surface area contributed by atoms with Crippen molar-refractivity contribution in [1.82, 2.24) is 5.32 Å². The molecule has 3 aromatic carbocycles. The third kappa shape index (κ3) is 5.48. The van der Waals surface area contributed by atoms with Gasteiger partial charge in [-0.1, -0.05) is 30.3 Å². The fraction of sp³-hybridized carbons (Fsp3) is 0.240. The molecule has 0 spiro atoms. The molecular formula is C25H26N2O4. The maximum Gasteiger partial charge on any atom is 0.319 e. The van der Waals surface area contributed by atoms with Gasteiger partial charge in [0, 0.05) is 11.7 Å². The zero-order valence-electron chi connectivity index (χ0n) is 17.7. The molecule has 0 saturated carbocycles. The Kier molecular flexibility index (Phi) is 6.26. The van der Waals surface area contributed by atoms with Gasteiger partial charge in [-0.15, -0.1) is 0 Å². The van der Waals surface area contributed by atoms with Crippen LogP contribution in [0.4, 0.5) is 10.5 Å². The number of carbonyl (C=O) groups is 1. The van der Waals surface area contributed by atoms with E-state index in [2.05, 4.69) is 10.6 Å². The number of benzene rings is 3. The Morgan fingerprint density at radius 2 is 1.71 bits per heavy atom. The number of urea groups is 1. The summed E-state index contributed by atoms with van der Waals surface area (Å²) in [6.45, 7) is 2.24. The Balaban J connectivity index is 1.48. The SMILES string of the molecule is COc1ccc(CC(Cc2ccc3c(c2)OCO3)NC(=O)Nc2cccc(C)c2)cc1. The van der Waals surface area contributed by atoms with E-state index in [1.54, 1.807) is 7.11 Å². The highest BCUT2D eigenvalue weighted by Gasteiger charge is 2.18. The second kappa shape index (κ2) is 9.43. The number of anilines is 1. The molecule has 6 heteroatoms. The van der Waals surface area contributed by atoms with Crippen molar-refractivity contribution in [3.05, 3.63) is 83.4 Å². The number of carbonyl (C=O) groups excluding carboxylic acids is 1. The van der Waals surface area contributed by atoms with E-state index in [9.17, 15) is 4.79 Å². The zero-order chi connectivity index (χ0) is 21.6. The van der Waals surface area contributed by atoms with Gasteiger partial charge in [-0.05, 0) is 72.9 Å². The standard InChI is InChI=1S/C25H26N2O4/c1-17-4-3-5-20(12-17)26-25(28)27-21(13-18-6-9-22(29-2)10-7-18)14-19-8-11-23-24(15-19)31-16-30-23/h3-12,15,21H,13-14,16H2,1-2H3,(H2,26,27,28). The average Bonchev–Trinajstić information content (AvgIpc) is 3.22. The predicted molar refractivity (Wildman–Crippen MR) is 120 cm³/mol. The van der Waals surface area contributed by atoms with Crippen molar-refractivity contribution >= 4 is 11.7 Å². The molecule has 0 radical (unpaired) electrons. The highest BCUT2D eigenvalue weighted by atomic mass is 16.7. The first kappa shape index (κ1) is 20.6. The first-order valence-electron chi connectivity index (χ1n) is 10.2. The third-order valence-electron chi connectivity index (χ3n) is 5.17. The van der Waals surface area contributed by atoms with E-state index in [0.29, 0.717) is 12.8 Å². The van der Waals surface area contributed by atoms with Gasteiger partial charge in [0.15, 0.2) is 11.5 Å². The second-order valence-electron chi connectivity index (χ2n) is 7.61. The van der Waals surface area contributed by atoms with Crippen LogP contribution in [-0.2, 0) is 12.8 Å². The summed E-state index contributed by atoms with van der Waals surface area (Å²) in [6.07, 6.45) is 1.34. The number of fused-ring (bicyclic) bond motifs is 1. The van der Waals surface area contributed by atoms with Crippen LogP contribution in [0.5, 0.6) is 17.2 Å². The molecule has 2 amide bonds. The van der Waals surface area contributed by atoms with Gasteiger partial charge in [-0.3, -0.25) is 0 Å². The molecular weight excluding hydrogens is 392 g/mol. The molecule has 1 atom stereocenters. The largest absolute Gasteiger partial charge is 0.497 e. The lowest BCUT2D eigenvalue weighted by Crippen LogP contribution is -2.40. The molecule has 0 saturated heterocycles. The van der Waals surface area contributed by atoms with Crippen LogP contribution >= 0.6 is 0 Å². The number of hydrogen-bond donors (Lipinski definition) is 2. The number of amides is 2. The summed E-state index contributed by atoms with van der Waals surface area (Å²) < 4.78 is 16.2. The number of hydrogen-bond acceptors (Lipinski definition) is 4. The summed E-state index contributed by atoms with van der Waals surface area (Å²) in [6, 6.07) is 21.2.